The van der Waals surface area contributed by atoms with Crippen LogP contribution in [0.1, 0.15) is 128 Å². The van der Waals surface area contributed by atoms with E-state index in [1.807, 2.05) is 40.7 Å². The number of rotatable bonds is 13. The number of ketones is 2. The molecule has 0 saturated heterocycles. The first-order chi connectivity index (χ1) is 17.1. The molecule has 2 nitrogen and oxygen atoms in total. The highest BCUT2D eigenvalue weighted by molar-refractivity contribution is 6.24. The van der Waals surface area contributed by atoms with Crippen LogP contribution in [0.3, 0.4) is 0 Å². The Balaban J connectivity index is 0. The molecule has 0 N–H and O–H groups in total. The lowest BCUT2D eigenvalue weighted by Crippen LogP contribution is -2.21. The van der Waals surface area contributed by atoms with Crippen LogP contribution in [0.4, 0.5) is 4.39 Å². The number of hydrogen-bond donors (Lipinski definition) is 0. The van der Waals surface area contributed by atoms with E-state index in [-0.39, 0.29) is 18.2 Å². The molecule has 36 heavy (non-hydrogen) atoms. The third-order valence-electron chi connectivity index (χ3n) is 6.62. The molecule has 1 aliphatic rings. The monoisotopic (exact) mass is 502 g/mol. The Kier molecular flexibility index (Phi) is 21.2. The topological polar surface area (TPSA) is 34.1 Å². The summed E-state index contributed by atoms with van der Waals surface area (Å²) in [7, 11) is 0. The van der Waals surface area contributed by atoms with Crippen molar-refractivity contribution < 1.29 is 14.0 Å². The lowest BCUT2D eigenvalue weighted by Gasteiger charge is -2.20. The molecule has 0 spiro atoms. The Morgan fingerprint density at radius 1 is 0.694 bits per heavy atom. The molecule has 206 valence electrons. The van der Waals surface area contributed by atoms with Gasteiger partial charge < -0.3 is 0 Å². The maximum absolute atomic E-state index is 12.6. The third kappa shape index (κ3) is 13.9. The summed E-state index contributed by atoms with van der Waals surface area (Å²) in [6.45, 7) is 21.4. The van der Waals surface area contributed by atoms with Gasteiger partial charge in [-0.05, 0) is 104 Å². The van der Waals surface area contributed by atoms with Gasteiger partial charge in [-0.1, -0.05) is 64.0 Å². The molecule has 0 aromatic rings. The first-order valence-corrected chi connectivity index (χ1v) is 14.1. The number of carbonyl (C=O) groups is 2. The second-order valence-electron chi connectivity index (χ2n) is 9.60. The maximum Gasteiger partial charge on any atom is 0.185 e. The second-order valence-corrected chi connectivity index (χ2v) is 9.60. The van der Waals surface area contributed by atoms with Crippen LogP contribution in [0.25, 0.3) is 0 Å². The number of carbonyl (C=O) groups excluding carboxylic acids is 2. The number of allylic oxidation sites excluding steroid dienone is 10. The zero-order valence-corrected chi connectivity index (χ0v) is 25.4. The van der Waals surface area contributed by atoms with Gasteiger partial charge in [0.05, 0.1) is 0 Å². The summed E-state index contributed by atoms with van der Waals surface area (Å²) in [4.78, 5) is 24.9. The number of halogens is 1. The van der Waals surface area contributed by atoms with Gasteiger partial charge in [0.1, 0.15) is 6.67 Å². The molecule has 0 amide bonds. The molecule has 0 bridgehead atoms. The summed E-state index contributed by atoms with van der Waals surface area (Å²) >= 11 is 0. The van der Waals surface area contributed by atoms with Crippen molar-refractivity contribution in [1.82, 2.24) is 0 Å². The quantitative estimate of drug-likeness (QED) is 0.185. The van der Waals surface area contributed by atoms with Crippen LogP contribution in [0.5, 0.6) is 0 Å². The molecule has 1 atom stereocenters. The minimum absolute atomic E-state index is 0.0268. The van der Waals surface area contributed by atoms with Gasteiger partial charge in [-0.2, -0.15) is 0 Å². The van der Waals surface area contributed by atoms with Gasteiger partial charge in [-0.25, -0.2) is 4.39 Å². The van der Waals surface area contributed by atoms with E-state index in [0.717, 1.165) is 50.5 Å². The van der Waals surface area contributed by atoms with Crippen molar-refractivity contribution >= 4 is 11.6 Å². The SMILES string of the molecule is CC.CC.CC1=C(C)C(=O)C(CCC(C)CC/C=C(\C)CC/C=C(\C)CC/C=C(/C)CF)=C(C)C1=O. The van der Waals surface area contributed by atoms with Gasteiger partial charge >= 0.3 is 0 Å². The summed E-state index contributed by atoms with van der Waals surface area (Å²) in [5.41, 5.74) is 6.16. The molecule has 0 saturated carbocycles. The van der Waals surface area contributed by atoms with Crippen molar-refractivity contribution in [2.45, 2.75) is 128 Å². The lowest BCUT2D eigenvalue weighted by atomic mass is 9.82. The Morgan fingerprint density at radius 3 is 1.64 bits per heavy atom. The highest BCUT2D eigenvalue weighted by Crippen LogP contribution is 2.29. The van der Waals surface area contributed by atoms with E-state index in [0.29, 0.717) is 34.6 Å². The summed E-state index contributed by atoms with van der Waals surface area (Å²) < 4.78 is 12.4. The summed E-state index contributed by atoms with van der Waals surface area (Å²) in [6, 6.07) is 0. The standard InChI is InChI=1S/C29H43FO2.2C2H6/c1-20(11-8-12-21(2)14-10-16-23(4)19-30)13-9-15-22(3)17-18-27-26(7)28(31)24(5)25(6)29(27)32;2*1-2/h12-13,16,22H,8-11,14-15,17-19H2,1-7H3;2*1-2H3/b20-13+,21-12+,23-16-;;. The van der Waals surface area contributed by atoms with E-state index < -0.39 is 0 Å². The Hall–Kier alpha value is -2.03. The minimum atomic E-state index is -0.350. The Morgan fingerprint density at radius 2 is 1.14 bits per heavy atom. The lowest BCUT2D eigenvalue weighted by molar-refractivity contribution is -0.116. The van der Waals surface area contributed by atoms with Crippen molar-refractivity contribution in [1.29, 1.82) is 0 Å². The van der Waals surface area contributed by atoms with Crippen LogP contribution in [-0.4, -0.2) is 18.2 Å². The first-order valence-electron chi connectivity index (χ1n) is 14.1. The van der Waals surface area contributed by atoms with Crippen LogP contribution in [0.15, 0.2) is 57.2 Å². The van der Waals surface area contributed by atoms with Gasteiger partial charge in [0, 0.05) is 22.3 Å². The maximum atomic E-state index is 12.6. The van der Waals surface area contributed by atoms with Crippen molar-refractivity contribution in [2.75, 3.05) is 6.67 Å². The fraction of sp³-hybridized carbons (Fsp3) is 0.636. The van der Waals surface area contributed by atoms with Crippen molar-refractivity contribution in [2.24, 2.45) is 5.92 Å². The highest BCUT2D eigenvalue weighted by atomic mass is 19.1. The molecule has 0 radical (unpaired) electrons. The van der Waals surface area contributed by atoms with Crippen molar-refractivity contribution in [3.05, 3.63) is 57.2 Å². The molecular weight excluding hydrogens is 447 g/mol. The van der Waals surface area contributed by atoms with E-state index in [4.69, 9.17) is 0 Å². The van der Waals surface area contributed by atoms with E-state index in [2.05, 4.69) is 32.9 Å². The number of alkyl halides is 1. The number of hydrogen-bond acceptors (Lipinski definition) is 2. The minimum Gasteiger partial charge on any atom is -0.289 e. The van der Waals surface area contributed by atoms with Crippen molar-refractivity contribution in [3.8, 4) is 0 Å². The van der Waals surface area contributed by atoms with Gasteiger partial charge in [0.25, 0.3) is 0 Å². The normalized spacial score (nSPS) is 15.9. The van der Waals surface area contributed by atoms with Gasteiger partial charge in [0.2, 0.25) is 0 Å². The second kappa shape index (κ2) is 21.1. The zero-order valence-electron chi connectivity index (χ0n) is 25.4. The third-order valence-corrected chi connectivity index (χ3v) is 6.62. The van der Waals surface area contributed by atoms with E-state index in [1.54, 1.807) is 20.8 Å². The average Bonchev–Trinajstić information content (AvgIpc) is 2.88. The number of Topliss-reactive ketones (excluding diaryl/α,β-unsaturated/α-hetero) is 2. The van der Waals surface area contributed by atoms with E-state index in [9.17, 15) is 14.0 Å². The van der Waals surface area contributed by atoms with Crippen LogP contribution in [0.2, 0.25) is 0 Å². The van der Waals surface area contributed by atoms with Crippen LogP contribution < -0.4 is 0 Å². The van der Waals surface area contributed by atoms with Crippen LogP contribution >= 0.6 is 0 Å². The van der Waals surface area contributed by atoms with Gasteiger partial charge in [0.15, 0.2) is 11.6 Å². The molecule has 0 aromatic carbocycles. The molecule has 1 aliphatic carbocycles. The smallest absolute Gasteiger partial charge is 0.185 e. The Labute approximate surface area is 222 Å². The predicted molar refractivity (Wildman–Crippen MR) is 157 cm³/mol. The van der Waals surface area contributed by atoms with E-state index in [1.165, 1.54) is 11.1 Å². The van der Waals surface area contributed by atoms with Gasteiger partial charge in [-0.3, -0.25) is 9.59 Å². The highest BCUT2D eigenvalue weighted by Gasteiger charge is 2.27. The largest absolute Gasteiger partial charge is 0.289 e. The Bertz CT molecular complexity index is 834. The molecule has 1 rings (SSSR count). The fourth-order valence-electron chi connectivity index (χ4n) is 3.96. The zero-order chi connectivity index (χ0) is 28.3. The molecule has 0 aliphatic heterocycles. The molecule has 1 unspecified atom stereocenters. The molecule has 3 heteroatoms. The molecule has 0 aromatic heterocycles. The molecule has 0 fully saturated rings. The molecule has 0 heterocycles. The van der Waals surface area contributed by atoms with Gasteiger partial charge in [-0.15, -0.1) is 0 Å². The van der Waals surface area contributed by atoms with Crippen molar-refractivity contribution in [3.63, 3.8) is 0 Å². The molecular formula is C33H55FO2. The first kappa shape index (κ1) is 36.1. The predicted octanol–water partition coefficient (Wildman–Crippen LogP) is 10.4. The van der Waals surface area contributed by atoms with Crippen LogP contribution in [-0.2, 0) is 9.59 Å². The summed E-state index contributed by atoms with van der Waals surface area (Å²) in [6.07, 6.45) is 14.4. The summed E-state index contributed by atoms with van der Waals surface area (Å²) in [5, 5.41) is 0. The summed E-state index contributed by atoms with van der Waals surface area (Å²) in [5.74, 6) is 0.593. The fourth-order valence-corrected chi connectivity index (χ4v) is 3.96. The van der Waals surface area contributed by atoms with E-state index >= 15 is 0 Å². The average molecular weight is 503 g/mol. The van der Waals surface area contributed by atoms with Crippen LogP contribution in [0, 0.1) is 5.92 Å².